The minimum Gasteiger partial charge on any atom is -0.388 e. The van der Waals surface area contributed by atoms with Gasteiger partial charge in [-0.2, -0.15) is 0 Å². The summed E-state index contributed by atoms with van der Waals surface area (Å²) in [6.07, 6.45) is 0.784. The third kappa shape index (κ3) is 2.74. The Balaban J connectivity index is 1.77. The van der Waals surface area contributed by atoms with Crippen molar-refractivity contribution in [2.75, 3.05) is 36.9 Å². The SMILES string of the molecule is CNc1ccccc1-c1c(Cl)c(F)cc2c1C[C@]1(c3ccccc3)CNCCN21. The highest BCUT2D eigenvalue weighted by Crippen LogP contribution is 2.52. The smallest absolute Gasteiger partial charge is 0.144 e. The number of para-hydroxylation sites is 1. The maximum atomic E-state index is 15.0. The van der Waals surface area contributed by atoms with Crippen molar-refractivity contribution in [3.05, 3.63) is 82.6 Å². The molecule has 0 unspecified atom stereocenters. The highest BCUT2D eigenvalue weighted by molar-refractivity contribution is 6.34. The molecule has 0 saturated carbocycles. The minimum atomic E-state index is -0.367. The fourth-order valence-electron chi connectivity index (χ4n) is 4.98. The number of anilines is 2. The standard InChI is InChI=1S/C24H23ClFN3/c1-27-20-10-6-5-9-17(20)22-18-14-24(16-7-3-2-4-8-16)15-28-11-12-29(24)21(18)13-19(26)23(22)25/h2-10,13,27-28H,11-12,14-15H2,1H3/t24-/m1/s1. The van der Waals surface area contributed by atoms with E-state index in [0.717, 1.165) is 54.1 Å². The summed E-state index contributed by atoms with van der Waals surface area (Å²) in [6, 6.07) is 20.1. The van der Waals surface area contributed by atoms with Crippen LogP contribution in [0.2, 0.25) is 5.02 Å². The van der Waals surface area contributed by atoms with Crippen LogP contribution in [-0.4, -0.2) is 26.7 Å². The molecular formula is C24H23ClFN3. The molecule has 2 N–H and O–H groups in total. The topological polar surface area (TPSA) is 27.3 Å². The molecule has 2 heterocycles. The molecule has 0 amide bonds. The van der Waals surface area contributed by atoms with Gasteiger partial charge in [0.15, 0.2) is 0 Å². The molecule has 2 aliphatic heterocycles. The van der Waals surface area contributed by atoms with Gasteiger partial charge in [-0.25, -0.2) is 4.39 Å². The normalized spacial score (nSPS) is 20.3. The monoisotopic (exact) mass is 407 g/mol. The number of nitrogens with one attached hydrogen (secondary N) is 2. The Kier molecular flexibility index (Phi) is 4.49. The van der Waals surface area contributed by atoms with Crippen molar-refractivity contribution in [1.29, 1.82) is 0 Å². The number of benzene rings is 3. The lowest BCUT2D eigenvalue weighted by molar-refractivity contribution is 0.350. The van der Waals surface area contributed by atoms with Crippen LogP contribution in [0.4, 0.5) is 15.8 Å². The van der Waals surface area contributed by atoms with E-state index >= 15 is 4.39 Å². The Hall–Kier alpha value is -2.56. The summed E-state index contributed by atoms with van der Waals surface area (Å²) in [5, 5.41) is 6.99. The number of halogens is 2. The first-order chi connectivity index (χ1) is 14.2. The van der Waals surface area contributed by atoms with Gasteiger partial charge in [-0.1, -0.05) is 60.1 Å². The lowest BCUT2D eigenvalue weighted by Gasteiger charge is -2.45. The molecule has 3 aromatic carbocycles. The van der Waals surface area contributed by atoms with Gasteiger partial charge < -0.3 is 15.5 Å². The third-order valence-electron chi connectivity index (χ3n) is 6.29. The maximum absolute atomic E-state index is 15.0. The van der Waals surface area contributed by atoms with Gasteiger partial charge in [0.05, 0.1) is 10.6 Å². The van der Waals surface area contributed by atoms with Crippen LogP contribution in [0.5, 0.6) is 0 Å². The van der Waals surface area contributed by atoms with Crippen molar-refractivity contribution >= 4 is 23.0 Å². The number of piperazine rings is 1. The molecule has 1 fully saturated rings. The van der Waals surface area contributed by atoms with Crippen LogP contribution in [0.25, 0.3) is 11.1 Å². The van der Waals surface area contributed by atoms with Crippen LogP contribution in [-0.2, 0) is 12.0 Å². The minimum absolute atomic E-state index is 0.197. The molecule has 2 aliphatic rings. The van der Waals surface area contributed by atoms with Gasteiger partial charge in [-0.15, -0.1) is 0 Å². The molecule has 0 radical (unpaired) electrons. The van der Waals surface area contributed by atoms with Gasteiger partial charge in [0.2, 0.25) is 0 Å². The third-order valence-corrected chi connectivity index (χ3v) is 6.66. The predicted octanol–water partition coefficient (Wildman–Crippen LogP) is 5.05. The summed E-state index contributed by atoms with van der Waals surface area (Å²) in [5.41, 5.74) is 5.77. The van der Waals surface area contributed by atoms with Gasteiger partial charge in [-0.05, 0) is 23.3 Å². The molecule has 3 aromatic rings. The van der Waals surface area contributed by atoms with Crippen LogP contribution in [0.15, 0.2) is 60.7 Å². The first-order valence-corrected chi connectivity index (χ1v) is 10.4. The number of hydrogen-bond acceptors (Lipinski definition) is 3. The second kappa shape index (κ2) is 7.05. The summed E-state index contributed by atoms with van der Waals surface area (Å²) in [7, 11) is 1.88. The van der Waals surface area contributed by atoms with Crippen molar-refractivity contribution in [2.45, 2.75) is 12.0 Å². The largest absolute Gasteiger partial charge is 0.388 e. The summed E-state index contributed by atoms with van der Waals surface area (Å²) in [5.74, 6) is -0.367. The van der Waals surface area contributed by atoms with Gasteiger partial charge in [0.1, 0.15) is 5.82 Å². The van der Waals surface area contributed by atoms with E-state index in [1.165, 1.54) is 5.56 Å². The summed E-state index contributed by atoms with van der Waals surface area (Å²) >= 11 is 6.59. The average molecular weight is 408 g/mol. The van der Waals surface area contributed by atoms with Gasteiger partial charge in [0.25, 0.3) is 0 Å². The van der Waals surface area contributed by atoms with E-state index in [1.54, 1.807) is 6.07 Å². The molecule has 0 aromatic heterocycles. The van der Waals surface area contributed by atoms with Crippen molar-refractivity contribution < 1.29 is 4.39 Å². The first-order valence-electron chi connectivity index (χ1n) is 9.97. The van der Waals surface area contributed by atoms with E-state index < -0.39 is 0 Å². The highest BCUT2D eigenvalue weighted by Gasteiger charge is 2.48. The van der Waals surface area contributed by atoms with Crippen LogP contribution in [0, 0.1) is 5.82 Å². The van der Waals surface area contributed by atoms with E-state index in [4.69, 9.17) is 11.6 Å². The Morgan fingerprint density at radius 3 is 2.66 bits per heavy atom. The fourth-order valence-corrected chi connectivity index (χ4v) is 5.25. The quantitative estimate of drug-likeness (QED) is 0.636. The number of rotatable bonds is 3. The molecule has 5 heteroatoms. The molecule has 0 bridgehead atoms. The van der Waals surface area contributed by atoms with Crippen LogP contribution < -0.4 is 15.5 Å². The molecule has 3 nitrogen and oxygen atoms in total. The number of hydrogen-bond donors (Lipinski definition) is 2. The van der Waals surface area contributed by atoms with Gasteiger partial charge in [-0.3, -0.25) is 0 Å². The van der Waals surface area contributed by atoms with Gasteiger partial charge >= 0.3 is 0 Å². The van der Waals surface area contributed by atoms with Crippen LogP contribution in [0.3, 0.4) is 0 Å². The first kappa shape index (κ1) is 18.5. The second-order valence-electron chi connectivity index (χ2n) is 7.74. The lowest BCUT2D eigenvalue weighted by Crippen LogP contribution is -2.57. The summed E-state index contributed by atoms with van der Waals surface area (Å²) < 4.78 is 15.0. The zero-order valence-electron chi connectivity index (χ0n) is 16.3. The Morgan fingerprint density at radius 1 is 1.10 bits per heavy atom. The zero-order valence-corrected chi connectivity index (χ0v) is 17.1. The molecule has 0 aliphatic carbocycles. The number of fused-ring (bicyclic) bond motifs is 3. The van der Waals surface area contributed by atoms with Crippen molar-refractivity contribution in [3.63, 3.8) is 0 Å². The van der Waals surface area contributed by atoms with Crippen LogP contribution >= 0.6 is 11.6 Å². The summed E-state index contributed by atoms with van der Waals surface area (Å²) in [4.78, 5) is 2.37. The van der Waals surface area contributed by atoms with Crippen molar-refractivity contribution in [3.8, 4) is 11.1 Å². The maximum Gasteiger partial charge on any atom is 0.144 e. The zero-order chi connectivity index (χ0) is 20.0. The number of nitrogens with zero attached hydrogens (tertiary/aromatic N) is 1. The van der Waals surface area contributed by atoms with Crippen molar-refractivity contribution in [2.24, 2.45) is 0 Å². The Bertz CT molecular complexity index is 1070. The average Bonchev–Trinajstić information content (AvgIpc) is 3.10. The Morgan fingerprint density at radius 2 is 1.86 bits per heavy atom. The second-order valence-corrected chi connectivity index (χ2v) is 8.12. The highest BCUT2D eigenvalue weighted by atomic mass is 35.5. The van der Waals surface area contributed by atoms with E-state index in [9.17, 15) is 0 Å². The lowest BCUT2D eigenvalue weighted by atomic mass is 9.83. The Labute approximate surface area is 175 Å². The van der Waals surface area contributed by atoms with E-state index in [0.29, 0.717) is 0 Å². The van der Waals surface area contributed by atoms with E-state index in [1.807, 2.05) is 37.4 Å². The molecule has 29 heavy (non-hydrogen) atoms. The van der Waals surface area contributed by atoms with Crippen molar-refractivity contribution in [1.82, 2.24) is 5.32 Å². The molecule has 5 rings (SSSR count). The van der Waals surface area contributed by atoms with Gasteiger partial charge in [0, 0.05) is 55.6 Å². The summed E-state index contributed by atoms with van der Waals surface area (Å²) in [6.45, 7) is 2.52. The fraction of sp³-hybridized carbons (Fsp3) is 0.250. The molecule has 1 atom stereocenters. The molecule has 148 valence electrons. The molecule has 1 saturated heterocycles. The predicted molar refractivity (Wildman–Crippen MR) is 118 cm³/mol. The molecule has 0 spiro atoms. The molecular weight excluding hydrogens is 385 g/mol. The van der Waals surface area contributed by atoms with E-state index in [2.05, 4.69) is 39.8 Å². The van der Waals surface area contributed by atoms with E-state index in [-0.39, 0.29) is 16.4 Å². The van der Waals surface area contributed by atoms with Crippen LogP contribution in [0.1, 0.15) is 11.1 Å².